The van der Waals surface area contributed by atoms with E-state index in [1.165, 1.54) is 0 Å². The molecular formula is C70H102Cl3N3O26. The van der Waals surface area contributed by atoms with E-state index in [4.69, 9.17) is 115 Å². The predicted octanol–water partition coefficient (Wildman–Crippen LogP) is 8.88. The first kappa shape index (κ1) is 85.2. The Morgan fingerprint density at radius 3 is 1.86 bits per heavy atom. The highest BCUT2D eigenvalue weighted by Crippen LogP contribution is 2.43. The Morgan fingerprint density at radius 2 is 1.26 bits per heavy atom. The summed E-state index contributed by atoms with van der Waals surface area (Å²) in [7, 11) is 0.993. The topological polar surface area (TPSA) is 332 Å². The molecule has 16 atom stereocenters. The number of carbonyl (C=O) groups excluding carboxylic acids is 8. The molecule has 574 valence electrons. The molecule has 0 aliphatic carbocycles. The number of esters is 4. The van der Waals surface area contributed by atoms with Crippen molar-refractivity contribution in [3.63, 3.8) is 0 Å². The summed E-state index contributed by atoms with van der Waals surface area (Å²) < 4.78 is 104. The maximum atomic E-state index is 14.7. The van der Waals surface area contributed by atoms with Gasteiger partial charge in [0.1, 0.15) is 86.8 Å². The molecule has 29 nitrogen and oxygen atoms in total. The van der Waals surface area contributed by atoms with Crippen LogP contribution in [0.2, 0.25) is 0 Å². The molecule has 2 aromatic carbocycles. The van der Waals surface area contributed by atoms with E-state index in [0.717, 1.165) is 58.8 Å². The fraction of sp³-hybridized carbons (Fsp3) is 0.714. The maximum Gasteiger partial charge on any atom is 0.417 e. The van der Waals surface area contributed by atoms with Crippen LogP contribution >= 0.6 is 34.8 Å². The number of alkyl carbamates (subject to hydrolysis) is 1. The highest BCUT2D eigenvalue weighted by atomic mass is 35.6. The number of fused-ring (bicyclic) bond motifs is 1. The zero-order valence-electron chi connectivity index (χ0n) is 59.6. The number of hydrogen-bond donors (Lipinski definition) is 2. The van der Waals surface area contributed by atoms with Gasteiger partial charge in [0.15, 0.2) is 24.8 Å². The van der Waals surface area contributed by atoms with Gasteiger partial charge in [-0.2, -0.15) is 0 Å². The summed E-state index contributed by atoms with van der Waals surface area (Å²) in [5, 5.41) is 15.6. The third-order valence-electron chi connectivity index (χ3n) is 16.9. The summed E-state index contributed by atoms with van der Waals surface area (Å²) in [5.41, 5.74) is 1.78. The van der Waals surface area contributed by atoms with Crippen LogP contribution in [0.4, 0.5) is 14.4 Å². The number of aliphatic hydroxyl groups excluding tert-OH is 1. The number of methoxy groups -OCH3 is 1. The van der Waals surface area contributed by atoms with Crippen molar-refractivity contribution in [2.45, 2.75) is 247 Å². The van der Waals surface area contributed by atoms with Crippen LogP contribution in [0.3, 0.4) is 0 Å². The number of nitrogens with one attached hydrogen (secondary N) is 1. The summed E-state index contributed by atoms with van der Waals surface area (Å²) in [4.78, 5) is 110. The summed E-state index contributed by atoms with van der Waals surface area (Å²) in [5.74, 6) is -7.71. The lowest BCUT2D eigenvalue weighted by Crippen LogP contribution is -2.70. The van der Waals surface area contributed by atoms with Crippen molar-refractivity contribution in [1.29, 1.82) is 0 Å². The molecule has 102 heavy (non-hydrogen) atoms. The van der Waals surface area contributed by atoms with Crippen molar-refractivity contribution in [3.05, 3.63) is 71.8 Å². The number of benzene rings is 2. The first-order valence-electron chi connectivity index (χ1n) is 34.9. The molecule has 0 bridgehead atoms. The quantitative estimate of drug-likeness (QED) is 0.0271. The fourth-order valence-electron chi connectivity index (χ4n) is 11.9. The minimum Gasteiger partial charge on any atom is -0.465 e. The number of imide groups is 1. The Kier molecular flexibility index (Phi) is 36.4. The van der Waals surface area contributed by atoms with Gasteiger partial charge in [0.2, 0.25) is 9.70 Å². The van der Waals surface area contributed by atoms with Crippen molar-refractivity contribution in [2.75, 3.05) is 73.1 Å². The predicted molar refractivity (Wildman–Crippen MR) is 364 cm³/mol. The Hall–Kier alpha value is -5.77. The summed E-state index contributed by atoms with van der Waals surface area (Å²) >= 11 is 18.2. The van der Waals surface area contributed by atoms with Crippen molar-refractivity contribution in [3.8, 4) is 0 Å². The second-order valence-electron chi connectivity index (χ2n) is 25.1. The third-order valence-corrected chi connectivity index (χ3v) is 17.3. The number of halogens is 3. The third kappa shape index (κ3) is 26.4. The highest BCUT2D eigenvalue weighted by molar-refractivity contribution is 6.67. The van der Waals surface area contributed by atoms with Gasteiger partial charge in [0, 0.05) is 73.8 Å². The maximum absolute atomic E-state index is 14.7. The first-order chi connectivity index (χ1) is 48.9. The Bertz CT molecular complexity index is 2910. The van der Waals surface area contributed by atoms with Crippen LogP contribution in [0, 0.1) is 0 Å². The highest BCUT2D eigenvalue weighted by Gasteiger charge is 2.65. The lowest BCUT2D eigenvalue weighted by atomic mass is 9.88. The zero-order valence-corrected chi connectivity index (χ0v) is 61.9. The molecule has 32 heteroatoms. The molecule has 4 aliphatic heterocycles. The molecule has 6 rings (SSSR count). The van der Waals surface area contributed by atoms with Crippen LogP contribution < -0.4 is 5.32 Å². The smallest absolute Gasteiger partial charge is 0.417 e. The number of aliphatic hydroxyl groups is 1. The standard InChI is InChI=1S/C70H102Cl3N3O26/c1-10-14-32-87-40-51-58(89-34-16-12-3)61(62(90-35-17-13-4)64(99-51)91-36-26-20-25-31-75(38-48-27-21-18-22-28-48)67(84)93-39-49-29-23-19-24-30-49)101-63-54(74-66(83)94-43-70(71,72)73)56(81)57(88-33-15-11-2)53(98-63)42-95-69(65(82)86-9)37-50-55(76(44(5)77)68(85)100-50)60(102-69)59(97-47(8)80)52(96-46(7)79)41-92-45(6)78/h18-19,21-24,27-30,50-64,81H,10-17,20,25-26,31-43H2,1-9H3,(H,74,83)/t50-,51?,52-,53?,54+,55-,56?,57-,58+,59-,60?,61?,62+,63?,64?,69-/m1/s1. The number of ether oxygens (including phenoxy) is 17. The zero-order chi connectivity index (χ0) is 74.4. The average Bonchev–Trinajstić information content (AvgIpc) is 1.48. The van der Waals surface area contributed by atoms with E-state index in [9.17, 15) is 43.5 Å². The van der Waals surface area contributed by atoms with Crippen LogP contribution in [-0.4, -0.2) is 237 Å². The minimum atomic E-state index is -2.74. The van der Waals surface area contributed by atoms with Crippen molar-refractivity contribution in [1.82, 2.24) is 15.1 Å². The summed E-state index contributed by atoms with van der Waals surface area (Å²) in [6, 6.07) is 15.8. The van der Waals surface area contributed by atoms with Crippen LogP contribution in [0.25, 0.3) is 0 Å². The number of nitrogens with zero attached hydrogens (tertiary/aromatic N) is 2. The van der Waals surface area contributed by atoms with E-state index < -0.39 is 176 Å². The molecule has 2 aromatic rings. The number of amides is 4. The van der Waals surface area contributed by atoms with Crippen LogP contribution in [0.1, 0.15) is 144 Å². The number of unbranched alkanes of at least 4 members (excludes halogenated alkanes) is 6. The van der Waals surface area contributed by atoms with E-state index in [0.29, 0.717) is 82.4 Å². The summed E-state index contributed by atoms with van der Waals surface area (Å²) in [6.07, 6.45) is -16.2. The number of alkyl halides is 3. The molecule has 0 radical (unpaired) electrons. The minimum absolute atomic E-state index is 0.0219. The lowest BCUT2D eigenvalue weighted by Gasteiger charge is -2.50. The largest absolute Gasteiger partial charge is 0.465 e. The van der Waals surface area contributed by atoms with E-state index in [2.05, 4.69) is 5.32 Å². The van der Waals surface area contributed by atoms with Gasteiger partial charge < -0.3 is 95.8 Å². The van der Waals surface area contributed by atoms with Crippen LogP contribution in [0.15, 0.2) is 60.7 Å². The van der Waals surface area contributed by atoms with Crippen molar-refractivity contribution < 1.29 is 124 Å². The monoisotopic (exact) mass is 1510 g/mol. The molecule has 4 amide bonds. The van der Waals surface area contributed by atoms with Gasteiger partial charge in [-0.1, -0.05) is 149 Å². The Labute approximate surface area is 611 Å². The molecule has 7 unspecified atom stereocenters. The molecule has 4 saturated heterocycles. The number of hydrogen-bond acceptors (Lipinski definition) is 26. The number of rotatable bonds is 42. The SMILES string of the molecule is CCCCOCC1OC(OCCCCCN(Cc2ccccc2)C(=O)OCc2ccccc2)[C@@H](OCCCC)C(OC2OC(CO[C@]3(C(=O)OC)C[C@H]4OC(=O)N(C(C)=O)[C@H]4C([C@H](OC(C)=O)[C@@H](COC(C)=O)OC(C)=O)O3)[C@@H](OCCCC)C(O)[C@@H]2NC(=O)OCC(Cl)(Cl)Cl)[C@H]1OCCCC. The van der Waals surface area contributed by atoms with Crippen LogP contribution in [0.5, 0.6) is 0 Å². The fourth-order valence-corrected chi connectivity index (χ4v) is 12.1. The molecule has 0 spiro atoms. The Balaban J connectivity index is 1.41. The van der Waals surface area contributed by atoms with Gasteiger partial charge in [-0.25, -0.2) is 24.1 Å². The van der Waals surface area contributed by atoms with Gasteiger partial charge in [-0.3, -0.25) is 19.2 Å². The van der Waals surface area contributed by atoms with E-state index in [1.54, 1.807) is 4.90 Å². The van der Waals surface area contributed by atoms with Gasteiger partial charge in [0.25, 0.3) is 5.79 Å². The van der Waals surface area contributed by atoms with Crippen molar-refractivity contribution >= 4 is 82.9 Å². The molecule has 4 fully saturated rings. The molecule has 4 heterocycles. The molecule has 0 saturated carbocycles. The second-order valence-corrected chi connectivity index (χ2v) is 27.6. The molecule has 2 N–H and O–H groups in total. The van der Waals surface area contributed by atoms with E-state index in [-0.39, 0.29) is 39.6 Å². The van der Waals surface area contributed by atoms with Crippen molar-refractivity contribution in [2.24, 2.45) is 0 Å². The van der Waals surface area contributed by atoms with E-state index in [1.807, 2.05) is 88.4 Å². The van der Waals surface area contributed by atoms with Gasteiger partial charge in [0.05, 0.1) is 26.7 Å². The molecular weight excluding hydrogens is 1410 g/mol. The number of carbonyl (C=O) groups is 8. The average molecular weight is 1510 g/mol. The normalized spacial score (nSPS) is 26.1. The molecule has 0 aromatic heterocycles. The molecule has 4 aliphatic rings. The summed E-state index contributed by atoms with van der Waals surface area (Å²) in [6.45, 7) is 11.2. The second kappa shape index (κ2) is 43.6. The van der Waals surface area contributed by atoms with Crippen LogP contribution in [-0.2, 0) is 118 Å². The van der Waals surface area contributed by atoms with E-state index >= 15 is 0 Å². The van der Waals surface area contributed by atoms with Gasteiger partial charge in [-0.15, -0.1) is 0 Å². The van der Waals surface area contributed by atoms with Gasteiger partial charge >= 0.3 is 42.2 Å². The first-order valence-corrected chi connectivity index (χ1v) is 36.1. The Morgan fingerprint density at radius 1 is 0.676 bits per heavy atom. The lowest BCUT2D eigenvalue weighted by molar-refractivity contribution is -0.365. The van der Waals surface area contributed by atoms with Gasteiger partial charge in [-0.05, 0) is 56.1 Å².